The molecule has 0 fully saturated rings. The van der Waals surface area contributed by atoms with Gasteiger partial charge < -0.3 is 34.2 Å². The average Bonchev–Trinajstić information content (AvgIpc) is 2.58. The maximum Gasteiger partial charge on any atom is 0.408 e. The van der Waals surface area contributed by atoms with Gasteiger partial charge in [0, 0.05) is 11.6 Å². The lowest BCUT2D eigenvalue weighted by atomic mass is 9.97. The summed E-state index contributed by atoms with van der Waals surface area (Å²) in [6.07, 6.45) is -1.63. The number of esters is 1. The Hall–Kier alpha value is -2.97. The third-order valence-electron chi connectivity index (χ3n) is 3.76. The maximum absolute atomic E-state index is 12.3. The van der Waals surface area contributed by atoms with Crippen LogP contribution in [-0.4, -0.2) is 43.9 Å². The van der Waals surface area contributed by atoms with Gasteiger partial charge in [-0.3, -0.25) is 4.79 Å². The predicted molar refractivity (Wildman–Crippen MR) is 101 cm³/mol. The molecule has 9 heteroatoms. The van der Waals surface area contributed by atoms with Crippen LogP contribution in [0.2, 0.25) is 0 Å². The number of carboxylic acids is 1. The van der Waals surface area contributed by atoms with Crippen molar-refractivity contribution in [3.05, 3.63) is 23.8 Å². The first kappa shape index (κ1) is 24.1. The molecule has 0 aliphatic carbocycles. The number of rotatable bonds is 8. The summed E-state index contributed by atoms with van der Waals surface area (Å²) < 4.78 is 20.9. The molecular formula is C20H28NO8-. The lowest BCUT2D eigenvalue weighted by molar-refractivity contribution is -0.308. The average molecular weight is 410 g/mol. The summed E-state index contributed by atoms with van der Waals surface area (Å²) in [5.74, 6) is -1.43. The fourth-order valence-electron chi connectivity index (χ4n) is 2.36. The van der Waals surface area contributed by atoms with Gasteiger partial charge in [0.25, 0.3) is 0 Å². The molecule has 29 heavy (non-hydrogen) atoms. The zero-order valence-electron chi connectivity index (χ0n) is 17.8. The van der Waals surface area contributed by atoms with E-state index in [1.807, 2.05) is 0 Å². The molecule has 1 aromatic rings. The molecule has 1 aromatic carbocycles. The highest BCUT2D eigenvalue weighted by atomic mass is 16.6. The van der Waals surface area contributed by atoms with Crippen LogP contribution in [-0.2, 0) is 24.7 Å². The van der Waals surface area contributed by atoms with Crippen LogP contribution < -0.4 is 19.9 Å². The zero-order valence-corrected chi connectivity index (χ0v) is 17.8. The first-order chi connectivity index (χ1) is 13.3. The van der Waals surface area contributed by atoms with Gasteiger partial charge in [-0.25, -0.2) is 4.79 Å². The topological polar surface area (TPSA) is 123 Å². The zero-order chi connectivity index (χ0) is 22.4. The van der Waals surface area contributed by atoms with E-state index in [0.29, 0.717) is 17.1 Å². The second-order valence-electron chi connectivity index (χ2n) is 7.81. The number of hydrogen-bond donors (Lipinski definition) is 1. The highest BCUT2D eigenvalue weighted by Crippen LogP contribution is 2.32. The third-order valence-corrected chi connectivity index (χ3v) is 3.76. The van der Waals surface area contributed by atoms with E-state index in [-0.39, 0.29) is 0 Å². The van der Waals surface area contributed by atoms with Crippen LogP contribution in [0, 0.1) is 0 Å². The Morgan fingerprint density at radius 3 is 1.90 bits per heavy atom. The molecule has 0 aliphatic rings. The third kappa shape index (κ3) is 7.89. The number of alkyl carbamates (subject to hydrolysis) is 1. The molecule has 0 saturated carbocycles. The normalized spacial score (nSPS) is 12.5. The minimum Gasteiger partial charge on any atom is -0.548 e. The highest BCUT2D eigenvalue weighted by Gasteiger charge is 2.29. The summed E-state index contributed by atoms with van der Waals surface area (Å²) in [7, 11) is 2.97. The molecule has 0 radical (unpaired) electrons. The van der Waals surface area contributed by atoms with Gasteiger partial charge in [0.05, 0.1) is 32.7 Å². The van der Waals surface area contributed by atoms with Gasteiger partial charge in [0.2, 0.25) is 0 Å². The van der Waals surface area contributed by atoms with Gasteiger partial charge in [-0.1, -0.05) is 0 Å². The molecule has 0 aromatic heterocycles. The van der Waals surface area contributed by atoms with Gasteiger partial charge in [-0.15, -0.1) is 0 Å². The van der Waals surface area contributed by atoms with E-state index in [1.165, 1.54) is 14.2 Å². The van der Waals surface area contributed by atoms with E-state index in [9.17, 15) is 19.5 Å². The monoisotopic (exact) mass is 410 g/mol. The van der Waals surface area contributed by atoms with E-state index in [0.717, 1.165) is 0 Å². The van der Waals surface area contributed by atoms with Crippen LogP contribution in [0.15, 0.2) is 18.2 Å². The van der Waals surface area contributed by atoms with Gasteiger partial charge in [-0.05, 0) is 46.8 Å². The van der Waals surface area contributed by atoms with Crippen molar-refractivity contribution >= 4 is 18.0 Å². The standard InChI is InChI=1S/C20H29NO8/c1-19(2,3)28-16(22)11-15(17(23)24)21-18(25)29-20(4,5)12-8-13(26-6)10-14(9-12)27-7/h8-10,15H,11H2,1-7H3,(H,21,25)(H,23,24)/p-1/t15-/m0/s1. The van der Waals surface area contributed by atoms with Crippen LogP contribution >= 0.6 is 0 Å². The number of carbonyl (C=O) groups is 3. The van der Waals surface area contributed by atoms with Crippen LogP contribution in [0.1, 0.15) is 46.6 Å². The second-order valence-corrected chi connectivity index (χ2v) is 7.81. The molecule has 0 spiro atoms. The van der Waals surface area contributed by atoms with Crippen molar-refractivity contribution in [3.63, 3.8) is 0 Å². The van der Waals surface area contributed by atoms with Gasteiger partial charge >= 0.3 is 12.1 Å². The van der Waals surface area contributed by atoms with E-state index in [2.05, 4.69) is 5.32 Å². The summed E-state index contributed by atoms with van der Waals surface area (Å²) in [5, 5.41) is 13.4. The van der Waals surface area contributed by atoms with E-state index < -0.39 is 41.7 Å². The summed E-state index contributed by atoms with van der Waals surface area (Å²) in [6, 6.07) is 3.37. The number of hydrogen-bond acceptors (Lipinski definition) is 8. The SMILES string of the molecule is COc1cc(OC)cc(C(C)(C)OC(=O)N[C@@H](CC(=O)OC(C)(C)C)C(=O)[O-])c1. The molecule has 1 amide bonds. The Balaban J connectivity index is 2.89. The highest BCUT2D eigenvalue weighted by molar-refractivity contribution is 5.84. The van der Waals surface area contributed by atoms with Gasteiger partial charge in [-0.2, -0.15) is 0 Å². The van der Waals surface area contributed by atoms with Gasteiger partial charge in [0.1, 0.15) is 22.7 Å². The first-order valence-electron chi connectivity index (χ1n) is 8.93. The number of carbonyl (C=O) groups excluding carboxylic acids is 3. The Kier molecular flexibility index (Phi) is 7.87. The van der Waals surface area contributed by atoms with E-state index in [1.54, 1.807) is 52.8 Å². The molecule has 0 heterocycles. The largest absolute Gasteiger partial charge is 0.548 e. The fourth-order valence-corrected chi connectivity index (χ4v) is 2.36. The molecule has 1 N–H and O–H groups in total. The fraction of sp³-hybridized carbons (Fsp3) is 0.550. The number of nitrogens with one attached hydrogen (secondary N) is 1. The Morgan fingerprint density at radius 2 is 1.48 bits per heavy atom. The first-order valence-corrected chi connectivity index (χ1v) is 8.93. The van der Waals surface area contributed by atoms with Crippen LogP contribution in [0.25, 0.3) is 0 Å². The number of carboxylic acid groups (broad SMARTS) is 1. The number of benzene rings is 1. The quantitative estimate of drug-likeness (QED) is 0.640. The number of aliphatic carboxylic acids is 1. The minimum absolute atomic E-state index is 0.494. The van der Waals surface area contributed by atoms with Crippen molar-refractivity contribution < 1.29 is 38.4 Å². The molecular weight excluding hydrogens is 382 g/mol. The van der Waals surface area contributed by atoms with Crippen molar-refractivity contribution in [3.8, 4) is 11.5 Å². The molecule has 1 atom stereocenters. The molecule has 0 saturated heterocycles. The molecule has 0 unspecified atom stereocenters. The molecule has 0 bridgehead atoms. The predicted octanol–water partition coefficient (Wildman–Crippen LogP) is 1.52. The summed E-state index contributed by atoms with van der Waals surface area (Å²) >= 11 is 0. The smallest absolute Gasteiger partial charge is 0.408 e. The lowest BCUT2D eigenvalue weighted by Crippen LogP contribution is -2.50. The summed E-state index contributed by atoms with van der Waals surface area (Å²) in [5.41, 5.74) is -1.39. The van der Waals surface area contributed by atoms with Crippen molar-refractivity contribution in [1.29, 1.82) is 0 Å². The number of methoxy groups -OCH3 is 2. The summed E-state index contributed by atoms with van der Waals surface area (Å²) in [6.45, 7) is 8.16. The number of ether oxygens (including phenoxy) is 4. The van der Waals surface area contributed by atoms with Crippen LogP contribution in [0.4, 0.5) is 4.79 Å². The van der Waals surface area contributed by atoms with Crippen molar-refractivity contribution in [2.45, 2.75) is 58.3 Å². The summed E-state index contributed by atoms with van der Waals surface area (Å²) in [4.78, 5) is 35.5. The molecule has 162 valence electrons. The molecule has 1 rings (SSSR count). The van der Waals surface area contributed by atoms with E-state index >= 15 is 0 Å². The second kappa shape index (κ2) is 9.49. The van der Waals surface area contributed by atoms with Crippen molar-refractivity contribution in [2.75, 3.05) is 14.2 Å². The Bertz CT molecular complexity index is 729. The Morgan fingerprint density at radius 1 is 0.966 bits per heavy atom. The molecule has 0 aliphatic heterocycles. The number of amides is 1. The van der Waals surface area contributed by atoms with E-state index in [4.69, 9.17) is 18.9 Å². The maximum atomic E-state index is 12.3. The Labute approximate surface area is 170 Å². The lowest BCUT2D eigenvalue weighted by Gasteiger charge is -2.28. The molecule has 9 nitrogen and oxygen atoms in total. The van der Waals surface area contributed by atoms with Gasteiger partial charge in [0.15, 0.2) is 0 Å². The minimum atomic E-state index is -1.63. The van der Waals surface area contributed by atoms with Crippen LogP contribution in [0.3, 0.4) is 0 Å². The van der Waals surface area contributed by atoms with Crippen molar-refractivity contribution in [2.24, 2.45) is 0 Å². The van der Waals surface area contributed by atoms with Crippen molar-refractivity contribution in [1.82, 2.24) is 5.32 Å². The van der Waals surface area contributed by atoms with Crippen LogP contribution in [0.5, 0.6) is 11.5 Å².